The Morgan fingerprint density at radius 2 is 1.71 bits per heavy atom. The number of rotatable bonds is 10. The van der Waals surface area contributed by atoms with Gasteiger partial charge < -0.3 is 24.2 Å². The predicted molar refractivity (Wildman–Crippen MR) is 161 cm³/mol. The molecule has 220 valence electrons. The number of nitrogens with zero attached hydrogens (tertiary/aromatic N) is 2. The van der Waals surface area contributed by atoms with Gasteiger partial charge in [-0.25, -0.2) is 0 Å². The van der Waals surface area contributed by atoms with E-state index in [-0.39, 0.29) is 11.3 Å². The third-order valence-corrected chi connectivity index (χ3v) is 7.91. The maximum Gasteiger partial charge on any atom is 0.295 e. The predicted octanol–water partition coefficient (Wildman–Crippen LogP) is 5.04. The fourth-order valence-electron chi connectivity index (χ4n) is 5.59. The molecule has 0 aromatic heterocycles. The van der Waals surface area contributed by atoms with Crippen molar-refractivity contribution < 1.29 is 28.9 Å². The van der Waals surface area contributed by atoms with Crippen LogP contribution in [0.1, 0.15) is 40.3 Å². The lowest BCUT2D eigenvalue weighted by Gasteiger charge is -2.29. The number of ether oxygens (including phenoxy) is 3. The van der Waals surface area contributed by atoms with Gasteiger partial charge in [-0.15, -0.1) is 0 Å². The number of morpholine rings is 1. The van der Waals surface area contributed by atoms with Crippen molar-refractivity contribution in [2.24, 2.45) is 0 Å². The van der Waals surface area contributed by atoms with Gasteiger partial charge in [-0.1, -0.05) is 54.1 Å². The van der Waals surface area contributed by atoms with E-state index >= 15 is 0 Å². The summed E-state index contributed by atoms with van der Waals surface area (Å²) in [6, 6.07) is 20.2. The molecule has 3 aromatic carbocycles. The summed E-state index contributed by atoms with van der Waals surface area (Å²) in [6.45, 7) is 8.39. The summed E-state index contributed by atoms with van der Waals surface area (Å²) in [4.78, 5) is 30.9. The number of carbonyl (C=O) groups excluding carboxylic acids is 2. The molecular formula is C34H38N2O6. The second-order valence-corrected chi connectivity index (χ2v) is 10.8. The normalized spacial score (nSPS) is 18.8. The molecule has 1 N–H and O–H groups in total. The minimum Gasteiger partial charge on any atom is -0.507 e. The number of hydrogen-bond acceptors (Lipinski definition) is 7. The molecule has 0 saturated carbocycles. The second-order valence-electron chi connectivity index (χ2n) is 10.8. The van der Waals surface area contributed by atoms with Gasteiger partial charge in [0.1, 0.15) is 12.4 Å². The average molecular weight is 571 g/mol. The highest BCUT2D eigenvalue weighted by Crippen LogP contribution is 2.42. The first kappa shape index (κ1) is 29.4. The molecule has 5 rings (SSSR count). The first-order valence-corrected chi connectivity index (χ1v) is 14.4. The van der Waals surface area contributed by atoms with Gasteiger partial charge in [-0.2, -0.15) is 0 Å². The first-order chi connectivity index (χ1) is 20.4. The van der Waals surface area contributed by atoms with Gasteiger partial charge in [-0.05, 0) is 55.2 Å². The zero-order valence-corrected chi connectivity index (χ0v) is 24.5. The molecule has 2 aliphatic heterocycles. The minimum absolute atomic E-state index is 0.0834. The topological polar surface area (TPSA) is 88.5 Å². The number of amides is 1. The van der Waals surface area contributed by atoms with Crippen molar-refractivity contribution in [3.63, 3.8) is 0 Å². The Hall–Kier alpha value is -4.14. The van der Waals surface area contributed by atoms with Crippen molar-refractivity contribution in [3.05, 3.63) is 100 Å². The van der Waals surface area contributed by atoms with Gasteiger partial charge in [0, 0.05) is 31.7 Å². The third-order valence-electron chi connectivity index (χ3n) is 7.91. The largest absolute Gasteiger partial charge is 0.507 e. The number of methoxy groups -OCH3 is 1. The number of hydrogen-bond donors (Lipinski definition) is 1. The maximum absolute atomic E-state index is 13.6. The molecule has 3 aromatic rings. The van der Waals surface area contributed by atoms with Crippen LogP contribution < -0.4 is 9.47 Å². The van der Waals surface area contributed by atoms with Gasteiger partial charge in [0.2, 0.25) is 0 Å². The van der Waals surface area contributed by atoms with Crippen LogP contribution in [0.15, 0.2) is 72.3 Å². The lowest BCUT2D eigenvalue weighted by Crippen LogP contribution is -2.39. The van der Waals surface area contributed by atoms with Crippen molar-refractivity contribution in [1.82, 2.24) is 9.80 Å². The summed E-state index contributed by atoms with van der Waals surface area (Å²) in [5, 5.41) is 11.6. The number of aryl methyl sites for hydroxylation is 2. The van der Waals surface area contributed by atoms with Crippen molar-refractivity contribution >= 4 is 17.4 Å². The molecule has 42 heavy (non-hydrogen) atoms. The first-order valence-electron chi connectivity index (χ1n) is 14.4. The number of aliphatic hydroxyl groups excluding tert-OH is 1. The van der Waals surface area contributed by atoms with Crippen molar-refractivity contribution in [2.75, 3.05) is 46.5 Å². The SMILES string of the molecule is COc1cc(C2C(=C(O)c3cc(C)ccc3C)C(=O)C(=O)N2CCCN2CCOCC2)ccc1OCc1ccccc1. The van der Waals surface area contributed by atoms with Gasteiger partial charge in [-0.3, -0.25) is 14.5 Å². The Labute approximate surface area is 247 Å². The van der Waals surface area contributed by atoms with E-state index in [0.717, 1.165) is 36.3 Å². The number of ketones is 1. The summed E-state index contributed by atoms with van der Waals surface area (Å²) >= 11 is 0. The number of Topliss-reactive ketones (excluding diaryl/α,β-unsaturated/α-hetero) is 1. The Kier molecular flexibility index (Phi) is 9.25. The van der Waals surface area contributed by atoms with Crippen LogP contribution >= 0.6 is 0 Å². The quantitative estimate of drug-likeness (QED) is 0.208. The van der Waals surface area contributed by atoms with E-state index in [1.807, 2.05) is 68.4 Å². The van der Waals surface area contributed by atoms with E-state index in [0.29, 0.717) is 55.4 Å². The minimum atomic E-state index is -0.772. The van der Waals surface area contributed by atoms with E-state index < -0.39 is 17.7 Å². The summed E-state index contributed by atoms with van der Waals surface area (Å²) < 4.78 is 17.2. The molecule has 1 unspecified atom stereocenters. The van der Waals surface area contributed by atoms with Crippen molar-refractivity contribution in [2.45, 2.75) is 32.9 Å². The zero-order chi connectivity index (χ0) is 29.6. The lowest BCUT2D eigenvalue weighted by atomic mass is 9.93. The fraction of sp³-hybridized carbons (Fsp3) is 0.353. The monoisotopic (exact) mass is 570 g/mol. The summed E-state index contributed by atoms with van der Waals surface area (Å²) in [5.41, 5.74) is 4.07. The Bertz CT molecular complexity index is 1460. The van der Waals surface area contributed by atoms with Crippen molar-refractivity contribution in [3.8, 4) is 11.5 Å². The highest BCUT2D eigenvalue weighted by atomic mass is 16.5. The number of benzene rings is 3. The number of aliphatic hydroxyl groups is 1. The molecule has 1 atom stereocenters. The molecule has 2 saturated heterocycles. The summed E-state index contributed by atoms with van der Waals surface area (Å²) in [7, 11) is 1.56. The van der Waals surface area contributed by atoms with Crippen LogP contribution in [0.5, 0.6) is 11.5 Å². The van der Waals surface area contributed by atoms with Crippen LogP contribution in [0.3, 0.4) is 0 Å². The van der Waals surface area contributed by atoms with Crippen LogP contribution in [-0.2, 0) is 20.9 Å². The van der Waals surface area contributed by atoms with E-state index in [1.54, 1.807) is 24.1 Å². The molecule has 1 amide bonds. The fourth-order valence-corrected chi connectivity index (χ4v) is 5.59. The molecular weight excluding hydrogens is 532 g/mol. The van der Waals surface area contributed by atoms with Crippen LogP contribution in [-0.4, -0.2) is 73.1 Å². The molecule has 0 radical (unpaired) electrons. The van der Waals surface area contributed by atoms with Crippen LogP contribution in [0.25, 0.3) is 5.76 Å². The summed E-state index contributed by atoms with van der Waals surface area (Å²) in [5.74, 6) is -0.443. The molecule has 2 heterocycles. The second kappa shape index (κ2) is 13.2. The smallest absolute Gasteiger partial charge is 0.295 e. The van der Waals surface area contributed by atoms with Crippen LogP contribution in [0, 0.1) is 13.8 Å². The van der Waals surface area contributed by atoms with Crippen LogP contribution in [0.2, 0.25) is 0 Å². The Balaban J connectivity index is 1.50. The van der Waals surface area contributed by atoms with Crippen LogP contribution in [0.4, 0.5) is 0 Å². The van der Waals surface area contributed by atoms with E-state index in [9.17, 15) is 14.7 Å². The van der Waals surface area contributed by atoms with E-state index in [4.69, 9.17) is 14.2 Å². The molecule has 2 aliphatic rings. The zero-order valence-electron chi connectivity index (χ0n) is 24.5. The average Bonchev–Trinajstić information content (AvgIpc) is 3.27. The van der Waals surface area contributed by atoms with E-state index in [2.05, 4.69) is 4.90 Å². The van der Waals surface area contributed by atoms with E-state index in [1.165, 1.54) is 0 Å². The van der Waals surface area contributed by atoms with Gasteiger partial charge in [0.25, 0.3) is 11.7 Å². The molecule has 0 bridgehead atoms. The molecule has 0 aliphatic carbocycles. The molecule has 8 nitrogen and oxygen atoms in total. The number of likely N-dealkylation sites (tertiary alicyclic amines) is 1. The van der Waals surface area contributed by atoms with Gasteiger partial charge in [0.05, 0.1) is 31.9 Å². The highest BCUT2D eigenvalue weighted by Gasteiger charge is 2.46. The third kappa shape index (κ3) is 6.35. The summed E-state index contributed by atoms with van der Waals surface area (Å²) in [6.07, 6.45) is 0.683. The molecule has 0 spiro atoms. The standard InChI is InChI=1S/C34H38N2O6/c1-23-10-11-24(2)27(20-23)32(37)30-31(36(34(39)33(30)38)15-7-14-35-16-18-41-19-17-35)26-12-13-28(29(21-26)40-3)42-22-25-8-5-4-6-9-25/h4-6,8-13,20-21,31,37H,7,14-19,22H2,1-3H3. The Morgan fingerprint density at radius 3 is 2.45 bits per heavy atom. The lowest BCUT2D eigenvalue weighted by molar-refractivity contribution is -0.140. The molecule has 2 fully saturated rings. The van der Waals surface area contributed by atoms with Gasteiger partial charge in [0.15, 0.2) is 11.5 Å². The Morgan fingerprint density at radius 1 is 0.952 bits per heavy atom. The molecule has 8 heteroatoms. The van der Waals surface area contributed by atoms with Crippen molar-refractivity contribution in [1.29, 1.82) is 0 Å². The van der Waals surface area contributed by atoms with Gasteiger partial charge >= 0.3 is 0 Å². The maximum atomic E-state index is 13.6. The highest BCUT2D eigenvalue weighted by molar-refractivity contribution is 6.46. The number of carbonyl (C=O) groups is 2.